The molecule has 3 aromatic carbocycles. The Morgan fingerprint density at radius 2 is 1.69 bits per heavy atom. The lowest BCUT2D eigenvalue weighted by Crippen LogP contribution is -2.05. The summed E-state index contributed by atoms with van der Waals surface area (Å²) >= 11 is 0. The Balaban J connectivity index is 1.41. The molecule has 0 fully saturated rings. The van der Waals surface area contributed by atoms with Crippen LogP contribution in [0.3, 0.4) is 0 Å². The molecule has 0 saturated heterocycles. The first-order chi connectivity index (χ1) is 15.7. The number of aryl methyl sites for hydroxylation is 1. The monoisotopic (exact) mass is 427 g/mol. The zero-order chi connectivity index (χ0) is 21.9. The molecule has 0 aliphatic heterocycles. The van der Waals surface area contributed by atoms with E-state index in [0.717, 1.165) is 27.7 Å². The van der Waals surface area contributed by atoms with E-state index in [1.165, 1.54) is 0 Å². The van der Waals surface area contributed by atoms with Crippen molar-refractivity contribution in [3.05, 3.63) is 83.7 Å². The summed E-state index contributed by atoms with van der Waals surface area (Å²) in [5.41, 5.74) is 5.21. The van der Waals surface area contributed by atoms with Gasteiger partial charge in [-0.1, -0.05) is 35.9 Å². The average Bonchev–Trinajstić information content (AvgIpc) is 3.46. The Kier molecular flexibility index (Phi) is 5.35. The molecule has 0 unspecified atom stereocenters. The van der Waals surface area contributed by atoms with Crippen LogP contribution in [0.4, 0.5) is 0 Å². The topological polar surface area (TPSA) is 99.1 Å². The van der Waals surface area contributed by atoms with E-state index < -0.39 is 0 Å². The maximum absolute atomic E-state index is 9.33. The van der Waals surface area contributed by atoms with Gasteiger partial charge in [-0.2, -0.15) is 0 Å². The van der Waals surface area contributed by atoms with Crippen LogP contribution in [0.1, 0.15) is 17.0 Å². The standard InChI is InChI=1S/C24H21N5O3/c1-16-6-9-18(10-7-16)24-26-25-23(32-24)15-31-22-11-8-17(12-13-30)14-21(22)29-27-19-4-2-3-5-20(19)28-29/h2-11,14,30H,12-13,15H2,1H3. The minimum atomic E-state index is 0.0535. The van der Waals surface area contributed by atoms with Crippen molar-refractivity contribution < 1.29 is 14.3 Å². The number of fused-ring (bicyclic) bond motifs is 1. The normalized spacial score (nSPS) is 11.2. The van der Waals surface area contributed by atoms with Crippen LogP contribution in [0.2, 0.25) is 0 Å². The number of aromatic nitrogens is 5. The predicted molar refractivity (Wildman–Crippen MR) is 118 cm³/mol. The highest BCUT2D eigenvalue weighted by molar-refractivity contribution is 5.73. The molecule has 0 amide bonds. The molecular weight excluding hydrogens is 406 g/mol. The maximum atomic E-state index is 9.33. The molecule has 2 aromatic heterocycles. The van der Waals surface area contributed by atoms with Crippen LogP contribution in [0.15, 0.2) is 71.1 Å². The van der Waals surface area contributed by atoms with Gasteiger partial charge in [-0.3, -0.25) is 0 Å². The smallest absolute Gasteiger partial charge is 0.254 e. The SMILES string of the molecule is Cc1ccc(-c2nnc(COc3ccc(CCO)cc3-n3nc4ccccc4n3)o2)cc1. The Hall–Kier alpha value is -4.04. The number of aliphatic hydroxyl groups is 1. The summed E-state index contributed by atoms with van der Waals surface area (Å²) in [6, 6.07) is 21.2. The second-order valence-corrected chi connectivity index (χ2v) is 7.41. The first-order valence-corrected chi connectivity index (χ1v) is 10.3. The van der Waals surface area contributed by atoms with Crippen LogP contribution in [-0.2, 0) is 13.0 Å². The molecule has 0 saturated carbocycles. The number of benzene rings is 3. The Morgan fingerprint density at radius 3 is 2.41 bits per heavy atom. The van der Waals surface area contributed by atoms with E-state index in [2.05, 4.69) is 20.4 Å². The van der Waals surface area contributed by atoms with Gasteiger partial charge < -0.3 is 14.3 Å². The van der Waals surface area contributed by atoms with E-state index >= 15 is 0 Å². The van der Waals surface area contributed by atoms with Gasteiger partial charge in [0, 0.05) is 12.2 Å². The molecule has 160 valence electrons. The molecule has 0 atom stereocenters. The van der Waals surface area contributed by atoms with E-state index in [4.69, 9.17) is 9.15 Å². The predicted octanol–water partition coefficient (Wildman–Crippen LogP) is 3.89. The summed E-state index contributed by atoms with van der Waals surface area (Å²) in [4.78, 5) is 1.55. The molecule has 5 aromatic rings. The van der Waals surface area contributed by atoms with Crippen molar-refractivity contribution in [2.24, 2.45) is 0 Å². The molecule has 0 aliphatic rings. The zero-order valence-electron chi connectivity index (χ0n) is 17.5. The molecule has 1 N–H and O–H groups in total. The van der Waals surface area contributed by atoms with Crippen LogP contribution >= 0.6 is 0 Å². The number of rotatable bonds is 7. The van der Waals surface area contributed by atoms with Gasteiger partial charge in [0.15, 0.2) is 6.61 Å². The summed E-state index contributed by atoms with van der Waals surface area (Å²) in [6.45, 7) is 2.18. The minimum Gasteiger partial charge on any atom is -0.481 e. The van der Waals surface area contributed by atoms with Gasteiger partial charge in [0.2, 0.25) is 5.89 Å². The molecular formula is C24H21N5O3. The molecule has 5 rings (SSSR count). The zero-order valence-corrected chi connectivity index (χ0v) is 17.5. The van der Waals surface area contributed by atoms with Gasteiger partial charge in [0.25, 0.3) is 5.89 Å². The van der Waals surface area contributed by atoms with E-state index in [9.17, 15) is 5.11 Å². The fourth-order valence-corrected chi connectivity index (χ4v) is 3.36. The average molecular weight is 427 g/mol. The lowest BCUT2D eigenvalue weighted by atomic mass is 10.1. The summed E-state index contributed by atoms with van der Waals surface area (Å²) in [5, 5.41) is 26.7. The molecule has 32 heavy (non-hydrogen) atoms. The highest BCUT2D eigenvalue weighted by Gasteiger charge is 2.14. The lowest BCUT2D eigenvalue weighted by molar-refractivity contribution is 0.263. The molecule has 0 spiro atoms. The van der Waals surface area contributed by atoms with Crippen LogP contribution in [-0.4, -0.2) is 36.9 Å². The van der Waals surface area contributed by atoms with Crippen molar-refractivity contribution in [1.82, 2.24) is 25.2 Å². The second kappa shape index (κ2) is 8.60. The van der Waals surface area contributed by atoms with Crippen molar-refractivity contribution in [2.75, 3.05) is 6.61 Å². The van der Waals surface area contributed by atoms with Crippen LogP contribution < -0.4 is 4.74 Å². The third kappa shape index (κ3) is 4.08. The van der Waals surface area contributed by atoms with Crippen LogP contribution in [0.25, 0.3) is 28.2 Å². The summed E-state index contributed by atoms with van der Waals surface area (Å²) < 4.78 is 11.8. The third-order valence-corrected chi connectivity index (χ3v) is 5.04. The van der Waals surface area contributed by atoms with Crippen molar-refractivity contribution in [2.45, 2.75) is 20.0 Å². The van der Waals surface area contributed by atoms with Gasteiger partial charge >= 0.3 is 0 Å². The van der Waals surface area contributed by atoms with Crippen molar-refractivity contribution in [1.29, 1.82) is 0 Å². The van der Waals surface area contributed by atoms with Gasteiger partial charge in [-0.05, 0) is 55.3 Å². The van der Waals surface area contributed by atoms with Crippen LogP contribution in [0, 0.1) is 6.92 Å². The maximum Gasteiger partial charge on any atom is 0.254 e. The highest BCUT2D eigenvalue weighted by Crippen LogP contribution is 2.26. The number of hydrogen-bond donors (Lipinski definition) is 1. The number of nitrogens with zero attached hydrogens (tertiary/aromatic N) is 5. The van der Waals surface area contributed by atoms with Crippen molar-refractivity contribution in [3.63, 3.8) is 0 Å². The first kappa shape index (κ1) is 19.9. The summed E-state index contributed by atoms with van der Waals surface area (Å²) in [5.74, 6) is 1.38. The number of hydrogen-bond acceptors (Lipinski definition) is 7. The Bertz CT molecular complexity index is 1320. The van der Waals surface area contributed by atoms with E-state index in [1.54, 1.807) is 4.80 Å². The quantitative estimate of drug-likeness (QED) is 0.421. The first-order valence-electron chi connectivity index (χ1n) is 10.3. The van der Waals surface area contributed by atoms with Gasteiger partial charge in [-0.15, -0.1) is 25.2 Å². The molecule has 2 heterocycles. The third-order valence-electron chi connectivity index (χ3n) is 5.04. The summed E-state index contributed by atoms with van der Waals surface area (Å²) in [6.07, 6.45) is 0.525. The largest absolute Gasteiger partial charge is 0.481 e. The molecule has 0 bridgehead atoms. The van der Waals surface area contributed by atoms with E-state index in [-0.39, 0.29) is 13.2 Å². The minimum absolute atomic E-state index is 0.0535. The number of ether oxygens (including phenoxy) is 1. The fraction of sp³-hybridized carbons (Fsp3) is 0.167. The Labute approximate surface area is 184 Å². The number of aliphatic hydroxyl groups excluding tert-OH is 1. The van der Waals surface area contributed by atoms with Gasteiger partial charge in [0.1, 0.15) is 22.5 Å². The van der Waals surface area contributed by atoms with E-state index in [0.29, 0.717) is 29.6 Å². The summed E-state index contributed by atoms with van der Waals surface area (Å²) in [7, 11) is 0. The van der Waals surface area contributed by atoms with Crippen molar-refractivity contribution >= 4 is 11.0 Å². The molecule has 8 nitrogen and oxygen atoms in total. The van der Waals surface area contributed by atoms with Gasteiger partial charge in [-0.25, -0.2) is 0 Å². The Morgan fingerprint density at radius 1 is 0.938 bits per heavy atom. The molecule has 0 aliphatic carbocycles. The molecule has 8 heteroatoms. The second-order valence-electron chi connectivity index (χ2n) is 7.41. The molecule has 0 radical (unpaired) electrons. The lowest BCUT2D eigenvalue weighted by Gasteiger charge is -2.11. The highest BCUT2D eigenvalue weighted by atomic mass is 16.5. The fourth-order valence-electron chi connectivity index (χ4n) is 3.36. The van der Waals surface area contributed by atoms with Crippen LogP contribution in [0.5, 0.6) is 5.75 Å². The van der Waals surface area contributed by atoms with Crippen molar-refractivity contribution in [3.8, 4) is 22.9 Å². The van der Waals surface area contributed by atoms with E-state index in [1.807, 2.05) is 73.7 Å². The van der Waals surface area contributed by atoms with Gasteiger partial charge in [0.05, 0.1) is 0 Å².